The van der Waals surface area contributed by atoms with Crippen LogP contribution in [0.3, 0.4) is 0 Å². The van der Waals surface area contributed by atoms with E-state index < -0.39 is 21.8 Å². The molecule has 3 rings (SSSR count). The molecule has 1 aliphatic heterocycles. The summed E-state index contributed by atoms with van der Waals surface area (Å²) in [4.78, 5) is 14.4. The first kappa shape index (κ1) is 22.1. The van der Waals surface area contributed by atoms with E-state index in [1.807, 2.05) is 24.3 Å². The van der Waals surface area contributed by atoms with Gasteiger partial charge in [-0.3, -0.25) is 9.10 Å². The molecule has 162 valence electrons. The van der Waals surface area contributed by atoms with Crippen LogP contribution in [0.1, 0.15) is 30.4 Å². The lowest BCUT2D eigenvalue weighted by Crippen LogP contribution is -2.36. The molecule has 0 saturated carbocycles. The predicted molar refractivity (Wildman–Crippen MR) is 110 cm³/mol. The maximum Gasteiger partial charge on any atom is 0.416 e. The molecule has 2 aromatic carbocycles. The van der Waals surface area contributed by atoms with Gasteiger partial charge in [0, 0.05) is 25.2 Å². The van der Waals surface area contributed by atoms with Crippen molar-refractivity contribution in [2.45, 2.75) is 31.9 Å². The SMILES string of the molecule is CS(=O)(=O)N(CCCC(=O)N1CCCc2ccccc21)c1cccc(C(F)(F)F)c1. The molecule has 0 aliphatic carbocycles. The number of alkyl halides is 3. The number of carbonyl (C=O) groups excluding carboxylic acids is 1. The summed E-state index contributed by atoms with van der Waals surface area (Å²) in [6.45, 7) is 0.515. The van der Waals surface area contributed by atoms with Crippen LogP contribution in [0.25, 0.3) is 0 Å². The highest BCUT2D eigenvalue weighted by molar-refractivity contribution is 7.92. The van der Waals surface area contributed by atoms with E-state index >= 15 is 0 Å². The number of nitrogens with zero attached hydrogens (tertiary/aromatic N) is 2. The maximum atomic E-state index is 13.0. The number of halogens is 3. The minimum atomic E-state index is -4.57. The number of benzene rings is 2. The van der Waals surface area contributed by atoms with Crippen molar-refractivity contribution in [3.8, 4) is 0 Å². The van der Waals surface area contributed by atoms with Crippen LogP contribution in [0.5, 0.6) is 0 Å². The zero-order valence-electron chi connectivity index (χ0n) is 16.5. The van der Waals surface area contributed by atoms with Gasteiger partial charge in [0.2, 0.25) is 15.9 Å². The van der Waals surface area contributed by atoms with Crippen LogP contribution < -0.4 is 9.21 Å². The van der Waals surface area contributed by atoms with Crippen LogP contribution in [0, 0.1) is 0 Å². The second-order valence-corrected chi connectivity index (χ2v) is 9.17. The Balaban J connectivity index is 1.71. The molecule has 30 heavy (non-hydrogen) atoms. The lowest BCUT2D eigenvalue weighted by molar-refractivity contribution is -0.137. The molecule has 0 spiro atoms. The van der Waals surface area contributed by atoms with E-state index in [9.17, 15) is 26.4 Å². The van der Waals surface area contributed by atoms with Gasteiger partial charge in [0.25, 0.3) is 0 Å². The summed E-state index contributed by atoms with van der Waals surface area (Å²) in [5, 5.41) is 0. The van der Waals surface area contributed by atoms with Crippen LogP contribution in [0.2, 0.25) is 0 Å². The maximum absolute atomic E-state index is 13.0. The van der Waals surface area contributed by atoms with Crippen molar-refractivity contribution in [3.63, 3.8) is 0 Å². The molecule has 0 fully saturated rings. The molecule has 0 radical (unpaired) electrons. The molecule has 0 unspecified atom stereocenters. The summed E-state index contributed by atoms with van der Waals surface area (Å²) in [7, 11) is -3.81. The summed E-state index contributed by atoms with van der Waals surface area (Å²) in [6.07, 6.45) is -1.59. The van der Waals surface area contributed by atoms with Gasteiger partial charge in [-0.05, 0) is 49.1 Å². The Morgan fingerprint density at radius 3 is 2.57 bits per heavy atom. The molecule has 1 aliphatic rings. The van der Waals surface area contributed by atoms with E-state index in [0.717, 1.165) is 46.8 Å². The Morgan fingerprint density at radius 2 is 1.87 bits per heavy atom. The molecule has 5 nitrogen and oxygen atoms in total. The number of hydrogen-bond acceptors (Lipinski definition) is 3. The lowest BCUT2D eigenvalue weighted by atomic mass is 10.0. The highest BCUT2D eigenvalue weighted by Gasteiger charge is 2.31. The Morgan fingerprint density at radius 1 is 1.13 bits per heavy atom. The van der Waals surface area contributed by atoms with Crippen LogP contribution >= 0.6 is 0 Å². The fourth-order valence-electron chi connectivity index (χ4n) is 3.63. The Bertz CT molecular complexity index is 1020. The topological polar surface area (TPSA) is 57.7 Å². The van der Waals surface area contributed by atoms with Gasteiger partial charge in [0.05, 0.1) is 17.5 Å². The molecular weight excluding hydrogens is 417 g/mol. The van der Waals surface area contributed by atoms with Gasteiger partial charge in [-0.1, -0.05) is 24.3 Å². The van der Waals surface area contributed by atoms with Gasteiger partial charge < -0.3 is 4.90 Å². The summed E-state index contributed by atoms with van der Waals surface area (Å²) < 4.78 is 64.3. The Labute approximate surface area is 174 Å². The van der Waals surface area contributed by atoms with Crippen LogP contribution in [-0.4, -0.2) is 33.7 Å². The minimum Gasteiger partial charge on any atom is -0.312 e. The molecule has 0 atom stereocenters. The molecule has 0 saturated heterocycles. The lowest BCUT2D eigenvalue weighted by Gasteiger charge is -2.30. The zero-order valence-corrected chi connectivity index (χ0v) is 17.3. The number of carbonyl (C=O) groups is 1. The fourth-order valence-corrected chi connectivity index (χ4v) is 4.58. The summed E-state index contributed by atoms with van der Waals surface area (Å²) in [5.74, 6) is -0.125. The second-order valence-electron chi connectivity index (χ2n) is 7.26. The number of aryl methyl sites for hydroxylation is 1. The standard InChI is InChI=1S/C21H23F3N2O3S/c1-30(28,29)26(18-10-4-9-17(15-18)21(22,23)24)14-6-12-20(27)25-13-5-8-16-7-2-3-11-19(16)25/h2-4,7,9-11,15H,5-6,8,12-14H2,1H3. The third-order valence-electron chi connectivity index (χ3n) is 5.02. The van der Waals surface area contributed by atoms with Gasteiger partial charge in [-0.25, -0.2) is 8.42 Å². The largest absolute Gasteiger partial charge is 0.416 e. The highest BCUT2D eigenvalue weighted by atomic mass is 32.2. The van der Waals surface area contributed by atoms with E-state index in [-0.39, 0.29) is 31.0 Å². The van der Waals surface area contributed by atoms with Crippen molar-refractivity contribution in [1.82, 2.24) is 0 Å². The van der Waals surface area contributed by atoms with Crippen molar-refractivity contribution >= 4 is 27.3 Å². The second kappa shape index (κ2) is 8.67. The molecule has 0 N–H and O–H groups in total. The fraction of sp³-hybridized carbons (Fsp3) is 0.381. The quantitative estimate of drug-likeness (QED) is 0.676. The van der Waals surface area contributed by atoms with E-state index in [0.29, 0.717) is 6.54 Å². The highest BCUT2D eigenvalue weighted by Crippen LogP contribution is 2.32. The number of fused-ring (bicyclic) bond motifs is 1. The Hall–Kier alpha value is -2.55. The van der Waals surface area contributed by atoms with Crippen molar-refractivity contribution in [2.24, 2.45) is 0 Å². The molecular formula is C21H23F3N2O3S. The van der Waals surface area contributed by atoms with Crippen molar-refractivity contribution in [3.05, 3.63) is 59.7 Å². The smallest absolute Gasteiger partial charge is 0.312 e. The monoisotopic (exact) mass is 440 g/mol. The first-order valence-corrected chi connectivity index (χ1v) is 11.5. The zero-order chi connectivity index (χ0) is 21.9. The normalized spacial score (nSPS) is 14.3. The van der Waals surface area contributed by atoms with Crippen molar-refractivity contribution in [2.75, 3.05) is 28.6 Å². The first-order chi connectivity index (χ1) is 14.1. The number of amides is 1. The van der Waals surface area contributed by atoms with Crippen LogP contribution in [0.4, 0.5) is 24.5 Å². The number of hydrogen-bond donors (Lipinski definition) is 0. The third kappa shape index (κ3) is 5.13. The molecule has 2 aromatic rings. The van der Waals surface area contributed by atoms with Gasteiger partial charge in [0.1, 0.15) is 0 Å². The van der Waals surface area contributed by atoms with E-state index in [1.54, 1.807) is 4.90 Å². The van der Waals surface area contributed by atoms with Crippen LogP contribution in [0.15, 0.2) is 48.5 Å². The van der Waals surface area contributed by atoms with Crippen LogP contribution in [-0.2, 0) is 27.4 Å². The van der Waals surface area contributed by atoms with Gasteiger partial charge in [-0.2, -0.15) is 13.2 Å². The number of rotatable bonds is 6. The number of para-hydroxylation sites is 1. The first-order valence-electron chi connectivity index (χ1n) is 9.60. The van der Waals surface area contributed by atoms with Crippen molar-refractivity contribution in [1.29, 1.82) is 0 Å². The summed E-state index contributed by atoms with van der Waals surface area (Å²) in [6, 6.07) is 11.8. The predicted octanol–water partition coefficient (Wildman–Crippen LogP) is 4.23. The third-order valence-corrected chi connectivity index (χ3v) is 6.22. The number of sulfonamides is 1. The molecule has 0 bridgehead atoms. The van der Waals surface area contributed by atoms with Crippen molar-refractivity contribution < 1.29 is 26.4 Å². The van der Waals surface area contributed by atoms with Gasteiger partial charge in [-0.15, -0.1) is 0 Å². The van der Waals surface area contributed by atoms with Gasteiger partial charge >= 0.3 is 6.18 Å². The summed E-state index contributed by atoms with van der Waals surface area (Å²) in [5.41, 5.74) is 0.975. The molecule has 1 amide bonds. The molecule has 9 heteroatoms. The van der Waals surface area contributed by atoms with E-state index in [1.165, 1.54) is 12.1 Å². The van der Waals surface area contributed by atoms with E-state index in [2.05, 4.69) is 0 Å². The average Bonchev–Trinajstić information content (AvgIpc) is 2.69. The molecule has 1 heterocycles. The average molecular weight is 440 g/mol. The van der Waals surface area contributed by atoms with Gasteiger partial charge in [0.15, 0.2) is 0 Å². The van der Waals surface area contributed by atoms with E-state index in [4.69, 9.17) is 0 Å². The number of anilines is 2. The minimum absolute atomic E-state index is 0.0666. The molecule has 0 aromatic heterocycles. The Kier molecular flexibility index (Phi) is 6.40. The summed E-state index contributed by atoms with van der Waals surface area (Å²) >= 11 is 0.